The van der Waals surface area contributed by atoms with Crippen LogP contribution in [0.5, 0.6) is 0 Å². The lowest BCUT2D eigenvalue weighted by Crippen LogP contribution is -2.35. The zero-order valence-electron chi connectivity index (χ0n) is 13.0. The van der Waals surface area contributed by atoms with Crippen LogP contribution in [0.4, 0.5) is 4.39 Å². The fourth-order valence-electron chi connectivity index (χ4n) is 2.34. The molecule has 0 bridgehead atoms. The van der Waals surface area contributed by atoms with Gasteiger partial charge in [0.2, 0.25) is 0 Å². The number of amides is 1. The number of hydrogen-bond acceptors (Lipinski definition) is 1. The van der Waals surface area contributed by atoms with Crippen molar-refractivity contribution in [2.24, 2.45) is 5.41 Å². The van der Waals surface area contributed by atoms with E-state index in [1.807, 2.05) is 24.3 Å². The summed E-state index contributed by atoms with van der Waals surface area (Å²) in [5.41, 5.74) is 0.909. The molecule has 0 spiro atoms. The number of carbonyl (C=O) groups excluding carboxylic acids is 1. The van der Waals surface area contributed by atoms with Gasteiger partial charge in [-0.05, 0) is 41.7 Å². The van der Waals surface area contributed by atoms with E-state index >= 15 is 0 Å². The van der Waals surface area contributed by atoms with Crippen LogP contribution in [0.25, 0.3) is 0 Å². The molecule has 0 unspecified atom stereocenters. The lowest BCUT2D eigenvalue weighted by molar-refractivity contribution is 0.0932. The van der Waals surface area contributed by atoms with Gasteiger partial charge in [0.15, 0.2) is 0 Å². The molecule has 2 rings (SSSR count). The molecular weight excluding hydrogens is 381 g/mol. The molecule has 0 atom stereocenters. The van der Waals surface area contributed by atoms with E-state index in [2.05, 4.69) is 35.1 Å². The monoisotopic (exact) mass is 397 g/mol. The van der Waals surface area contributed by atoms with Crippen molar-refractivity contribution in [1.82, 2.24) is 5.32 Å². The lowest BCUT2D eigenvalue weighted by atomic mass is 9.85. The molecule has 0 aliphatic rings. The fraction of sp³-hybridized carbons (Fsp3) is 0.278. The molecule has 0 aliphatic heterocycles. The van der Waals surface area contributed by atoms with Crippen molar-refractivity contribution in [3.8, 4) is 0 Å². The zero-order valence-corrected chi connectivity index (χ0v) is 15.3. The first-order valence-electron chi connectivity index (χ1n) is 7.25. The first-order valence-corrected chi connectivity index (χ1v) is 8.42. The topological polar surface area (TPSA) is 29.1 Å². The van der Waals surface area contributed by atoms with Gasteiger partial charge in [0.25, 0.3) is 5.91 Å². The normalized spacial score (nSPS) is 11.3. The van der Waals surface area contributed by atoms with Gasteiger partial charge in [-0.15, -0.1) is 0 Å². The molecular formula is C18H18BrClFNO. The Morgan fingerprint density at radius 2 is 1.87 bits per heavy atom. The van der Waals surface area contributed by atoms with E-state index in [1.54, 1.807) is 0 Å². The average Bonchev–Trinajstić information content (AvgIpc) is 2.47. The second-order valence-corrected chi connectivity index (χ2v) is 7.57. The number of hydrogen-bond donors (Lipinski definition) is 1. The van der Waals surface area contributed by atoms with Crippen molar-refractivity contribution in [2.45, 2.75) is 20.3 Å². The maximum Gasteiger partial charge on any atom is 0.255 e. The van der Waals surface area contributed by atoms with Crippen molar-refractivity contribution in [2.75, 3.05) is 6.54 Å². The van der Waals surface area contributed by atoms with Gasteiger partial charge in [0, 0.05) is 11.0 Å². The Bertz CT molecular complexity index is 680. The summed E-state index contributed by atoms with van der Waals surface area (Å²) in [7, 11) is 0. The molecule has 2 aromatic rings. The van der Waals surface area contributed by atoms with Crippen molar-refractivity contribution in [3.05, 3.63) is 68.9 Å². The van der Waals surface area contributed by atoms with Crippen LogP contribution in [0.3, 0.4) is 0 Å². The Balaban J connectivity index is 2.01. The molecule has 0 saturated carbocycles. The highest BCUT2D eigenvalue weighted by molar-refractivity contribution is 9.10. The Labute approximate surface area is 149 Å². The Morgan fingerprint density at radius 1 is 1.22 bits per heavy atom. The quantitative estimate of drug-likeness (QED) is 0.733. The third kappa shape index (κ3) is 5.05. The zero-order chi connectivity index (χ0) is 17.0. The van der Waals surface area contributed by atoms with E-state index < -0.39 is 11.7 Å². The van der Waals surface area contributed by atoms with Gasteiger partial charge >= 0.3 is 0 Å². The van der Waals surface area contributed by atoms with Crippen LogP contribution in [-0.2, 0) is 6.42 Å². The summed E-state index contributed by atoms with van der Waals surface area (Å²) in [6, 6.07) is 12.3. The van der Waals surface area contributed by atoms with E-state index in [9.17, 15) is 9.18 Å². The summed E-state index contributed by atoms with van der Waals surface area (Å²) < 4.78 is 14.8. The maximum atomic E-state index is 13.8. The second kappa shape index (κ2) is 7.45. The molecule has 0 radical (unpaired) electrons. The van der Waals surface area contributed by atoms with Gasteiger partial charge in [-0.1, -0.05) is 59.6 Å². The molecule has 0 aliphatic carbocycles. The minimum Gasteiger partial charge on any atom is -0.351 e. The van der Waals surface area contributed by atoms with Gasteiger partial charge in [-0.25, -0.2) is 4.39 Å². The lowest BCUT2D eigenvalue weighted by Gasteiger charge is -2.25. The first kappa shape index (κ1) is 18.0. The van der Waals surface area contributed by atoms with Gasteiger partial charge < -0.3 is 5.32 Å². The van der Waals surface area contributed by atoms with Gasteiger partial charge in [0.1, 0.15) is 5.82 Å². The number of halogens is 3. The molecule has 1 amide bonds. The number of nitrogens with one attached hydrogen (secondary N) is 1. The third-order valence-electron chi connectivity index (χ3n) is 3.51. The van der Waals surface area contributed by atoms with Gasteiger partial charge in [0.05, 0.1) is 10.6 Å². The highest BCUT2D eigenvalue weighted by Gasteiger charge is 2.22. The second-order valence-electron chi connectivity index (χ2n) is 6.25. The average molecular weight is 399 g/mol. The van der Waals surface area contributed by atoms with Crippen LogP contribution in [-0.4, -0.2) is 12.5 Å². The molecule has 0 aromatic heterocycles. The molecule has 2 aromatic carbocycles. The van der Waals surface area contributed by atoms with Crippen LogP contribution in [0.2, 0.25) is 5.02 Å². The number of benzene rings is 2. The highest BCUT2D eigenvalue weighted by atomic mass is 79.9. The summed E-state index contributed by atoms with van der Waals surface area (Å²) in [5.74, 6) is -1.10. The SMILES string of the molecule is CC(C)(CNC(=O)c1c(F)cccc1Cl)Cc1ccc(Br)cc1. The van der Waals surface area contributed by atoms with Crippen LogP contribution in [0, 0.1) is 11.2 Å². The smallest absolute Gasteiger partial charge is 0.255 e. The summed E-state index contributed by atoms with van der Waals surface area (Å²) in [6.45, 7) is 4.53. The van der Waals surface area contributed by atoms with Gasteiger partial charge in [-0.2, -0.15) is 0 Å². The summed E-state index contributed by atoms with van der Waals surface area (Å²) >= 11 is 9.32. The number of rotatable bonds is 5. The largest absolute Gasteiger partial charge is 0.351 e. The predicted molar refractivity (Wildman–Crippen MR) is 95.4 cm³/mol. The minimum absolute atomic E-state index is 0.103. The molecule has 23 heavy (non-hydrogen) atoms. The van der Waals surface area contributed by atoms with Crippen molar-refractivity contribution < 1.29 is 9.18 Å². The maximum absolute atomic E-state index is 13.8. The van der Waals surface area contributed by atoms with Crippen LogP contribution in [0.1, 0.15) is 29.8 Å². The van der Waals surface area contributed by atoms with E-state index in [0.29, 0.717) is 6.54 Å². The van der Waals surface area contributed by atoms with Crippen molar-refractivity contribution >= 4 is 33.4 Å². The molecule has 1 N–H and O–H groups in total. The van der Waals surface area contributed by atoms with Crippen molar-refractivity contribution in [1.29, 1.82) is 0 Å². The van der Waals surface area contributed by atoms with E-state index in [-0.39, 0.29) is 16.0 Å². The van der Waals surface area contributed by atoms with E-state index in [4.69, 9.17) is 11.6 Å². The van der Waals surface area contributed by atoms with E-state index in [1.165, 1.54) is 23.8 Å². The summed E-state index contributed by atoms with van der Waals surface area (Å²) in [4.78, 5) is 12.2. The number of carbonyl (C=O) groups is 1. The molecule has 122 valence electrons. The first-order chi connectivity index (χ1) is 10.8. The van der Waals surface area contributed by atoms with Crippen molar-refractivity contribution in [3.63, 3.8) is 0 Å². The van der Waals surface area contributed by atoms with Gasteiger partial charge in [-0.3, -0.25) is 4.79 Å². The minimum atomic E-state index is -0.610. The fourth-order valence-corrected chi connectivity index (χ4v) is 2.85. The molecule has 5 heteroatoms. The third-order valence-corrected chi connectivity index (χ3v) is 4.36. The predicted octanol–water partition coefficient (Wildman–Crippen LogP) is 5.24. The Kier molecular flexibility index (Phi) is 5.82. The molecule has 0 saturated heterocycles. The molecule has 0 heterocycles. The van der Waals surface area contributed by atoms with E-state index in [0.717, 1.165) is 10.9 Å². The summed E-state index contributed by atoms with van der Waals surface area (Å²) in [6.07, 6.45) is 0.797. The van der Waals surface area contributed by atoms with Crippen LogP contribution >= 0.6 is 27.5 Å². The Hall–Kier alpha value is -1.39. The Morgan fingerprint density at radius 3 is 2.48 bits per heavy atom. The molecule has 2 nitrogen and oxygen atoms in total. The standard InChI is InChI=1S/C18H18BrClFNO/c1-18(2,10-12-6-8-13(19)9-7-12)11-22-17(23)16-14(20)4-3-5-15(16)21/h3-9H,10-11H2,1-2H3,(H,22,23). The van der Waals surface area contributed by atoms with Crippen LogP contribution in [0.15, 0.2) is 46.9 Å². The van der Waals surface area contributed by atoms with Crippen LogP contribution < -0.4 is 5.32 Å². The summed E-state index contributed by atoms with van der Waals surface area (Å²) in [5, 5.41) is 2.90. The molecule has 0 fully saturated rings. The highest BCUT2D eigenvalue weighted by Crippen LogP contribution is 2.23.